The van der Waals surface area contributed by atoms with Crippen LogP contribution in [0.25, 0.3) is 0 Å². The maximum Gasteiger partial charge on any atom is 0.354 e. The van der Waals surface area contributed by atoms with Crippen LogP contribution in [0.2, 0.25) is 0 Å². The van der Waals surface area contributed by atoms with Gasteiger partial charge in [-0.15, -0.1) is 0 Å². The second-order valence-electron chi connectivity index (χ2n) is 3.81. The van der Waals surface area contributed by atoms with Crippen LogP contribution in [0.4, 0.5) is 5.82 Å². The number of rotatable bonds is 5. The number of aromatic carboxylic acids is 1. The Kier molecular flexibility index (Phi) is 3.87. The van der Waals surface area contributed by atoms with Gasteiger partial charge in [-0.1, -0.05) is 6.07 Å². The summed E-state index contributed by atoms with van der Waals surface area (Å²) < 4.78 is 1.78. The van der Waals surface area contributed by atoms with Crippen LogP contribution in [0.15, 0.2) is 36.9 Å². The van der Waals surface area contributed by atoms with Crippen molar-refractivity contribution in [3.63, 3.8) is 0 Å². The molecular formula is C12H12N4O3. The van der Waals surface area contributed by atoms with Gasteiger partial charge in [0, 0.05) is 25.4 Å². The lowest BCUT2D eigenvalue weighted by atomic mass is 10.3. The summed E-state index contributed by atoms with van der Waals surface area (Å²) in [6.45, 7) is 0.504. The standard InChI is InChI=1S/C12H12N4O3/c17-11(4-6-16-7-5-13-8-16)15-10-3-1-2-9(14-10)12(18)19/h1-3,5,7-8H,4,6H2,(H,18,19)(H,14,15,17). The topological polar surface area (TPSA) is 97.1 Å². The molecule has 19 heavy (non-hydrogen) atoms. The summed E-state index contributed by atoms with van der Waals surface area (Å²) in [5, 5.41) is 11.3. The van der Waals surface area contributed by atoms with Crippen molar-refractivity contribution in [2.24, 2.45) is 0 Å². The second-order valence-corrected chi connectivity index (χ2v) is 3.81. The molecule has 1 amide bonds. The molecule has 0 atom stereocenters. The molecule has 2 aromatic heterocycles. The highest BCUT2D eigenvalue weighted by molar-refractivity contribution is 5.91. The van der Waals surface area contributed by atoms with Crippen molar-refractivity contribution in [3.8, 4) is 0 Å². The maximum absolute atomic E-state index is 11.7. The van der Waals surface area contributed by atoms with Gasteiger partial charge in [-0.2, -0.15) is 0 Å². The molecule has 0 aliphatic heterocycles. The summed E-state index contributed by atoms with van der Waals surface area (Å²) in [5.41, 5.74) is -0.104. The highest BCUT2D eigenvalue weighted by Gasteiger charge is 2.07. The fourth-order valence-corrected chi connectivity index (χ4v) is 1.48. The van der Waals surface area contributed by atoms with E-state index in [0.29, 0.717) is 6.54 Å². The molecule has 98 valence electrons. The Balaban J connectivity index is 1.91. The molecule has 2 aromatic rings. The zero-order chi connectivity index (χ0) is 13.7. The molecule has 0 saturated carbocycles. The number of carboxylic acids is 1. The number of amides is 1. The molecule has 2 heterocycles. The third-order valence-corrected chi connectivity index (χ3v) is 2.39. The zero-order valence-corrected chi connectivity index (χ0v) is 9.98. The Morgan fingerprint density at radius 1 is 1.37 bits per heavy atom. The minimum absolute atomic E-state index is 0.104. The average molecular weight is 260 g/mol. The van der Waals surface area contributed by atoms with Crippen LogP contribution in [0, 0.1) is 0 Å². The van der Waals surface area contributed by atoms with Gasteiger partial charge in [0.2, 0.25) is 5.91 Å². The quantitative estimate of drug-likeness (QED) is 0.836. The predicted molar refractivity (Wildman–Crippen MR) is 66.7 cm³/mol. The molecule has 0 aliphatic rings. The molecule has 0 aliphatic carbocycles. The van der Waals surface area contributed by atoms with Gasteiger partial charge in [0.1, 0.15) is 5.82 Å². The summed E-state index contributed by atoms with van der Waals surface area (Å²) in [6.07, 6.45) is 5.28. The highest BCUT2D eigenvalue weighted by atomic mass is 16.4. The molecular weight excluding hydrogens is 248 g/mol. The van der Waals surface area contributed by atoms with Crippen LogP contribution in [0.1, 0.15) is 16.9 Å². The number of nitrogens with one attached hydrogen (secondary N) is 1. The third kappa shape index (κ3) is 3.63. The average Bonchev–Trinajstić information content (AvgIpc) is 2.90. The minimum atomic E-state index is -1.13. The van der Waals surface area contributed by atoms with Crippen molar-refractivity contribution in [1.29, 1.82) is 0 Å². The van der Waals surface area contributed by atoms with E-state index in [1.165, 1.54) is 12.1 Å². The lowest BCUT2D eigenvalue weighted by molar-refractivity contribution is -0.116. The molecule has 0 saturated heterocycles. The van der Waals surface area contributed by atoms with Crippen molar-refractivity contribution >= 4 is 17.7 Å². The van der Waals surface area contributed by atoms with Gasteiger partial charge >= 0.3 is 5.97 Å². The fourth-order valence-electron chi connectivity index (χ4n) is 1.48. The van der Waals surface area contributed by atoms with E-state index in [9.17, 15) is 9.59 Å². The van der Waals surface area contributed by atoms with Gasteiger partial charge in [0.15, 0.2) is 5.69 Å². The number of aromatic nitrogens is 3. The first kappa shape index (κ1) is 12.7. The predicted octanol–water partition coefficient (Wildman–Crippen LogP) is 1.01. The fraction of sp³-hybridized carbons (Fsp3) is 0.167. The number of hydrogen-bond acceptors (Lipinski definition) is 4. The summed E-state index contributed by atoms with van der Waals surface area (Å²) in [7, 11) is 0. The molecule has 7 heteroatoms. The van der Waals surface area contributed by atoms with Crippen molar-refractivity contribution < 1.29 is 14.7 Å². The number of nitrogens with zero attached hydrogens (tertiary/aromatic N) is 3. The maximum atomic E-state index is 11.7. The van der Waals surface area contributed by atoms with Crippen molar-refractivity contribution in [2.75, 3.05) is 5.32 Å². The second kappa shape index (κ2) is 5.76. The monoisotopic (exact) mass is 260 g/mol. The van der Waals surface area contributed by atoms with Crippen LogP contribution < -0.4 is 5.32 Å². The number of anilines is 1. The first-order chi connectivity index (χ1) is 9.15. The highest BCUT2D eigenvalue weighted by Crippen LogP contribution is 2.05. The number of aryl methyl sites for hydroxylation is 1. The van der Waals surface area contributed by atoms with Crippen LogP contribution in [-0.4, -0.2) is 31.5 Å². The van der Waals surface area contributed by atoms with Gasteiger partial charge < -0.3 is 15.0 Å². The van der Waals surface area contributed by atoms with E-state index in [2.05, 4.69) is 15.3 Å². The number of carboxylic acid groups (broad SMARTS) is 1. The zero-order valence-electron chi connectivity index (χ0n) is 9.98. The van der Waals surface area contributed by atoms with Crippen LogP contribution >= 0.6 is 0 Å². The summed E-state index contributed by atoms with van der Waals surface area (Å²) in [5.74, 6) is -1.13. The molecule has 0 unspecified atom stereocenters. The van der Waals surface area contributed by atoms with Crippen molar-refractivity contribution in [3.05, 3.63) is 42.6 Å². The molecule has 0 aromatic carbocycles. The van der Waals surface area contributed by atoms with Crippen LogP contribution in [0.5, 0.6) is 0 Å². The number of hydrogen-bond donors (Lipinski definition) is 2. The summed E-state index contributed by atoms with van der Waals surface area (Å²) in [4.78, 5) is 30.1. The van der Waals surface area contributed by atoms with Gasteiger partial charge in [-0.05, 0) is 12.1 Å². The molecule has 0 radical (unpaired) electrons. The van der Waals surface area contributed by atoms with E-state index in [0.717, 1.165) is 0 Å². The molecule has 0 spiro atoms. The largest absolute Gasteiger partial charge is 0.477 e. The Morgan fingerprint density at radius 2 is 2.21 bits per heavy atom. The number of carbonyl (C=O) groups is 2. The van der Waals surface area contributed by atoms with E-state index in [4.69, 9.17) is 5.11 Å². The van der Waals surface area contributed by atoms with Gasteiger partial charge in [0.05, 0.1) is 6.33 Å². The van der Waals surface area contributed by atoms with Gasteiger partial charge in [-0.25, -0.2) is 14.8 Å². The number of carbonyl (C=O) groups excluding carboxylic acids is 1. The van der Waals surface area contributed by atoms with E-state index < -0.39 is 5.97 Å². The number of pyridine rings is 1. The molecule has 7 nitrogen and oxygen atoms in total. The first-order valence-electron chi connectivity index (χ1n) is 5.61. The van der Waals surface area contributed by atoms with E-state index in [1.807, 2.05) is 0 Å². The summed E-state index contributed by atoms with van der Waals surface area (Å²) >= 11 is 0. The Hall–Kier alpha value is -2.70. The first-order valence-corrected chi connectivity index (χ1v) is 5.61. The van der Waals surface area contributed by atoms with Crippen LogP contribution in [0.3, 0.4) is 0 Å². The van der Waals surface area contributed by atoms with E-state index in [-0.39, 0.29) is 23.8 Å². The minimum Gasteiger partial charge on any atom is -0.477 e. The van der Waals surface area contributed by atoms with Crippen molar-refractivity contribution in [2.45, 2.75) is 13.0 Å². The molecule has 2 N–H and O–H groups in total. The summed E-state index contributed by atoms with van der Waals surface area (Å²) in [6, 6.07) is 4.44. The number of imidazole rings is 1. The lowest BCUT2D eigenvalue weighted by Gasteiger charge is -2.05. The SMILES string of the molecule is O=C(CCn1ccnc1)Nc1cccc(C(=O)O)n1. The van der Waals surface area contributed by atoms with Crippen molar-refractivity contribution in [1.82, 2.24) is 14.5 Å². The van der Waals surface area contributed by atoms with E-state index in [1.54, 1.807) is 29.4 Å². The Morgan fingerprint density at radius 3 is 2.89 bits per heavy atom. The van der Waals surface area contributed by atoms with E-state index >= 15 is 0 Å². The Bertz CT molecular complexity index is 580. The lowest BCUT2D eigenvalue weighted by Crippen LogP contribution is -2.15. The smallest absolute Gasteiger partial charge is 0.354 e. The molecule has 2 rings (SSSR count). The molecule has 0 fully saturated rings. The normalized spacial score (nSPS) is 10.1. The van der Waals surface area contributed by atoms with Gasteiger partial charge in [0.25, 0.3) is 0 Å². The molecule has 0 bridgehead atoms. The van der Waals surface area contributed by atoms with Crippen LogP contribution in [-0.2, 0) is 11.3 Å². The third-order valence-electron chi connectivity index (χ3n) is 2.39. The van der Waals surface area contributed by atoms with Gasteiger partial charge in [-0.3, -0.25) is 4.79 Å². The Labute approximate surface area is 108 Å².